The minimum atomic E-state index is -0.429. The molecule has 0 aromatic carbocycles. The lowest BCUT2D eigenvalue weighted by atomic mass is 9.90. The molecule has 0 aromatic rings. The van der Waals surface area contributed by atoms with Crippen LogP contribution in [0.15, 0.2) is 0 Å². The van der Waals surface area contributed by atoms with E-state index in [2.05, 4.69) is 5.92 Å². The Morgan fingerprint density at radius 1 is 1.71 bits per heavy atom. The van der Waals surface area contributed by atoms with Gasteiger partial charge in [0, 0.05) is 32.4 Å². The van der Waals surface area contributed by atoms with E-state index in [1.807, 2.05) is 11.9 Å². The average Bonchev–Trinajstić information content (AvgIpc) is 2.18. The van der Waals surface area contributed by atoms with Crippen molar-refractivity contribution in [3.63, 3.8) is 0 Å². The minimum absolute atomic E-state index is 0.000463. The maximum Gasteiger partial charge on any atom is 0.145 e. The molecule has 1 saturated heterocycles. The van der Waals surface area contributed by atoms with Crippen LogP contribution in [0.5, 0.6) is 0 Å². The number of carbonyl (C=O) groups excluding carboxylic acids is 2. The van der Waals surface area contributed by atoms with Crippen molar-refractivity contribution in [2.24, 2.45) is 5.92 Å². The van der Waals surface area contributed by atoms with Gasteiger partial charge in [0.2, 0.25) is 0 Å². The van der Waals surface area contributed by atoms with Crippen molar-refractivity contribution in [1.29, 1.82) is 0 Å². The molecular weight excluding hydrogens is 178 g/mol. The molecule has 0 saturated carbocycles. The smallest absolute Gasteiger partial charge is 0.145 e. The van der Waals surface area contributed by atoms with Gasteiger partial charge in [-0.1, -0.05) is 0 Å². The maximum absolute atomic E-state index is 11.6. The highest BCUT2D eigenvalue weighted by atomic mass is 16.2. The molecule has 1 heterocycles. The van der Waals surface area contributed by atoms with E-state index in [4.69, 9.17) is 6.42 Å². The van der Waals surface area contributed by atoms with Crippen LogP contribution in [-0.2, 0) is 9.59 Å². The molecule has 3 heteroatoms. The number of piperidine rings is 1. The van der Waals surface area contributed by atoms with Crippen molar-refractivity contribution in [3.8, 4) is 12.3 Å². The fourth-order valence-corrected chi connectivity index (χ4v) is 1.63. The second-order valence-electron chi connectivity index (χ2n) is 3.70. The molecule has 0 N–H and O–H groups in total. The highest BCUT2D eigenvalue weighted by Gasteiger charge is 2.30. The first kappa shape index (κ1) is 10.9. The highest BCUT2D eigenvalue weighted by Crippen LogP contribution is 2.14. The predicted octanol–water partition coefficient (Wildman–Crippen LogP) is 0.490. The van der Waals surface area contributed by atoms with Crippen LogP contribution in [0.4, 0.5) is 0 Å². The van der Waals surface area contributed by atoms with Crippen molar-refractivity contribution in [1.82, 2.24) is 4.90 Å². The first-order valence-corrected chi connectivity index (χ1v) is 4.82. The molecule has 0 amide bonds. The highest BCUT2D eigenvalue weighted by molar-refractivity contribution is 6.03. The monoisotopic (exact) mass is 193 g/mol. The van der Waals surface area contributed by atoms with Crippen LogP contribution in [0.25, 0.3) is 0 Å². The number of carbonyl (C=O) groups is 2. The van der Waals surface area contributed by atoms with E-state index in [9.17, 15) is 9.59 Å². The number of hydrogen-bond donors (Lipinski definition) is 0. The Hall–Kier alpha value is -1.14. The molecule has 0 aromatic heterocycles. The summed E-state index contributed by atoms with van der Waals surface area (Å²) in [6.45, 7) is 1.32. The lowest BCUT2D eigenvalue weighted by Crippen LogP contribution is -2.42. The van der Waals surface area contributed by atoms with Gasteiger partial charge in [0.1, 0.15) is 11.6 Å². The molecule has 1 atom stereocenters. The standard InChI is InChI=1S/C11H15NO2/c1-3-4-5-10(13)9-8-12(2)7-6-11(9)14/h1,9H,4-8H2,2H3. The quantitative estimate of drug-likeness (QED) is 0.483. The van der Waals surface area contributed by atoms with E-state index in [0.29, 0.717) is 25.8 Å². The van der Waals surface area contributed by atoms with Gasteiger partial charge in [-0.05, 0) is 7.05 Å². The van der Waals surface area contributed by atoms with Gasteiger partial charge in [-0.25, -0.2) is 0 Å². The molecule has 3 nitrogen and oxygen atoms in total. The Morgan fingerprint density at radius 2 is 2.43 bits per heavy atom. The third kappa shape index (κ3) is 2.68. The third-order valence-electron chi connectivity index (χ3n) is 2.53. The normalized spacial score (nSPS) is 23.1. The van der Waals surface area contributed by atoms with Crippen molar-refractivity contribution < 1.29 is 9.59 Å². The zero-order valence-electron chi connectivity index (χ0n) is 8.45. The second-order valence-corrected chi connectivity index (χ2v) is 3.70. The molecule has 0 bridgehead atoms. The number of nitrogens with zero attached hydrogens (tertiary/aromatic N) is 1. The molecule has 76 valence electrons. The fourth-order valence-electron chi connectivity index (χ4n) is 1.63. The van der Waals surface area contributed by atoms with Gasteiger partial charge < -0.3 is 4.90 Å². The predicted molar refractivity (Wildman–Crippen MR) is 53.7 cm³/mol. The number of hydrogen-bond acceptors (Lipinski definition) is 3. The maximum atomic E-state index is 11.6. The first-order valence-electron chi connectivity index (χ1n) is 4.82. The van der Waals surface area contributed by atoms with Gasteiger partial charge in [0.25, 0.3) is 0 Å². The summed E-state index contributed by atoms with van der Waals surface area (Å²) in [4.78, 5) is 25.0. The van der Waals surface area contributed by atoms with Crippen LogP contribution < -0.4 is 0 Å². The first-order chi connectivity index (χ1) is 6.65. The summed E-state index contributed by atoms with van der Waals surface area (Å²) in [5, 5.41) is 0. The van der Waals surface area contributed by atoms with Crippen LogP contribution in [0.1, 0.15) is 19.3 Å². The van der Waals surface area contributed by atoms with E-state index in [0.717, 1.165) is 6.54 Å². The lowest BCUT2D eigenvalue weighted by Gasteiger charge is -2.27. The van der Waals surface area contributed by atoms with E-state index in [1.54, 1.807) is 0 Å². The second kappa shape index (κ2) is 4.92. The fraction of sp³-hybridized carbons (Fsp3) is 0.636. The van der Waals surface area contributed by atoms with Crippen molar-refractivity contribution in [3.05, 3.63) is 0 Å². The van der Waals surface area contributed by atoms with Crippen LogP contribution in [0.3, 0.4) is 0 Å². The van der Waals surface area contributed by atoms with Gasteiger partial charge in [-0.2, -0.15) is 0 Å². The number of ketones is 2. The molecule has 1 aliphatic heterocycles. The summed E-state index contributed by atoms with van der Waals surface area (Å²) in [5.41, 5.74) is 0. The Kier molecular flexibility index (Phi) is 3.84. The zero-order valence-corrected chi connectivity index (χ0v) is 8.45. The largest absolute Gasteiger partial charge is 0.305 e. The molecule has 1 aliphatic rings. The van der Waals surface area contributed by atoms with Gasteiger partial charge in [0.15, 0.2) is 0 Å². The Balaban J connectivity index is 2.52. The Labute approximate surface area is 84.5 Å². The molecule has 0 radical (unpaired) electrons. The number of rotatable bonds is 3. The number of likely N-dealkylation sites (tertiary alicyclic amines) is 1. The lowest BCUT2D eigenvalue weighted by molar-refractivity contribution is -0.135. The van der Waals surface area contributed by atoms with Crippen LogP contribution >= 0.6 is 0 Å². The summed E-state index contributed by atoms with van der Waals surface area (Å²) >= 11 is 0. The zero-order chi connectivity index (χ0) is 10.6. The van der Waals surface area contributed by atoms with Crippen LogP contribution in [0.2, 0.25) is 0 Å². The molecule has 0 spiro atoms. The minimum Gasteiger partial charge on any atom is -0.305 e. The third-order valence-corrected chi connectivity index (χ3v) is 2.53. The van der Waals surface area contributed by atoms with Crippen LogP contribution in [-0.4, -0.2) is 36.6 Å². The molecule has 0 aliphatic carbocycles. The van der Waals surface area contributed by atoms with Crippen LogP contribution in [0, 0.1) is 18.3 Å². The Bertz CT molecular complexity index is 278. The van der Waals surface area contributed by atoms with E-state index < -0.39 is 5.92 Å². The summed E-state index contributed by atoms with van der Waals surface area (Å²) < 4.78 is 0. The van der Waals surface area contributed by atoms with Crippen molar-refractivity contribution in [2.45, 2.75) is 19.3 Å². The van der Waals surface area contributed by atoms with Gasteiger partial charge in [-0.15, -0.1) is 12.3 Å². The SMILES string of the molecule is C#CCCC(=O)C1CN(C)CCC1=O. The molecule has 1 unspecified atom stereocenters. The average molecular weight is 193 g/mol. The van der Waals surface area contributed by atoms with E-state index in [1.165, 1.54) is 0 Å². The summed E-state index contributed by atoms with van der Waals surface area (Å²) in [5.74, 6) is 2.06. The van der Waals surface area contributed by atoms with Gasteiger partial charge >= 0.3 is 0 Å². The number of terminal acetylenes is 1. The molecular formula is C11H15NO2. The summed E-state index contributed by atoms with van der Waals surface area (Å²) in [6, 6.07) is 0. The summed E-state index contributed by atoms with van der Waals surface area (Å²) in [7, 11) is 1.92. The Morgan fingerprint density at radius 3 is 3.07 bits per heavy atom. The van der Waals surface area contributed by atoms with E-state index in [-0.39, 0.29) is 11.6 Å². The topological polar surface area (TPSA) is 37.4 Å². The molecule has 1 fully saturated rings. The van der Waals surface area contributed by atoms with Crippen molar-refractivity contribution >= 4 is 11.6 Å². The van der Waals surface area contributed by atoms with Crippen molar-refractivity contribution in [2.75, 3.05) is 20.1 Å². The van der Waals surface area contributed by atoms with Gasteiger partial charge in [-0.3, -0.25) is 9.59 Å². The molecule has 14 heavy (non-hydrogen) atoms. The number of Topliss-reactive ketones (excluding diaryl/α,β-unsaturated/α-hetero) is 2. The summed E-state index contributed by atoms with van der Waals surface area (Å²) in [6.07, 6.45) is 6.33. The van der Waals surface area contributed by atoms with E-state index >= 15 is 0 Å². The van der Waals surface area contributed by atoms with Gasteiger partial charge in [0.05, 0.1) is 5.92 Å². The molecule has 1 rings (SSSR count).